The van der Waals surface area contributed by atoms with Gasteiger partial charge in [0.2, 0.25) is 0 Å². The molecular weight excluding hydrogens is 246 g/mol. The summed E-state index contributed by atoms with van der Waals surface area (Å²) in [7, 11) is 0. The van der Waals surface area contributed by atoms with Crippen LogP contribution in [0.3, 0.4) is 0 Å². The number of fused-ring (bicyclic) bond motifs is 2. The van der Waals surface area contributed by atoms with Crippen molar-refractivity contribution in [3.05, 3.63) is 28.8 Å². The van der Waals surface area contributed by atoms with Gasteiger partial charge in [0.25, 0.3) is 0 Å². The Balaban J connectivity index is 1.77. The molecule has 2 nitrogen and oxygen atoms in total. The standard InChI is InChI=1S/C18H27NO/c1-3-7-19(8-4-2)17-11-15-10-14-6-5-9-20-18(14)13-16(15)12-17/h10,13,17H,3-9,11-12H2,1-2H3. The molecule has 1 aromatic rings. The van der Waals surface area contributed by atoms with Crippen LogP contribution in [0.5, 0.6) is 5.75 Å². The lowest BCUT2D eigenvalue weighted by Crippen LogP contribution is -2.37. The maximum absolute atomic E-state index is 5.83. The first kappa shape index (κ1) is 13.9. The molecule has 0 aromatic heterocycles. The van der Waals surface area contributed by atoms with Crippen molar-refractivity contribution in [3.8, 4) is 5.75 Å². The van der Waals surface area contributed by atoms with E-state index < -0.39 is 0 Å². The average Bonchev–Trinajstić information content (AvgIpc) is 2.87. The average molecular weight is 273 g/mol. The predicted octanol–water partition coefficient (Wildman–Crippen LogP) is 3.60. The van der Waals surface area contributed by atoms with Gasteiger partial charge in [-0.25, -0.2) is 0 Å². The van der Waals surface area contributed by atoms with Gasteiger partial charge >= 0.3 is 0 Å². The van der Waals surface area contributed by atoms with Crippen LogP contribution in [0.4, 0.5) is 0 Å². The van der Waals surface area contributed by atoms with Crippen LogP contribution in [0.25, 0.3) is 0 Å². The zero-order chi connectivity index (χ0) is 13.9. The van der Waals surface area contributed by atoms with E-state index in [1.54, 1.807) is 5.56 Å². The normalized spacial score (nSPS) is 20.6. The SMILES string of the molecule is CCCN(CCC)C1Cc2cc3c(cc2C1)OCCC3. The highest BCUT2D eigenvalue weighted by atomic mass is 16.5. The van der Waals surface area contributed by atoms with Gasteiger partial charge in [-0.15, -0.1) is 0 Å². The number of hydrogen-bond acceptors (Lipinski definition) is 2. The minimum absolute atomic E-state index is 0.716. The van der Waals surface area contributed by atoms with E-state index in [-0.39, 0.29) is 0 Å². The summed E-state index contributed by atoms with van der Waals surface area (Å²) >= 11 is 0. The summed E-state index contributed by atoms with van der Waals surface area (Å²) < 4.78 is 5.83. The fourth-order valence-electron chi connectivity index (χ4n) is 3.76. The number of benzene rings is 1. The molecule has 1 atom stereocenters. The van der Waals surface area contributed by atoms with Crippen molar-refractivity contribution in [3.63, 3.8) is 0 Å². The van der Waals surface area contributed by atoms with Crippen molar-refractivity contribution >= 4 is 0 Å². The maximum Gasteiger partial charge on any atom is 0.122 e. The highest BCUT2D eigenvalue weighted by molar-refractivity contribution is 5.46. The first-order chi connectivity index (χ1) is 9.81. The molecule has 1 aromatic carbocycles. The zero-order valence-electron chi connectivity index (χ0n) is 13.0. The van der Waals surface area contributed by atoms with E-state index in [1.165, 1.54) is 62.7 Å². The van der Waals surface area contributed by atoms with Crippen LogP contribution in [-0.2, 0) is 19.3 Å². The summed E-state index contributed by atoms with van der Waals surface area (Å²) in [6.07, 6.45) is 7.33. The fraction of sp³-hybridized carbons (Fsp3) is 0.667. The zero-order valence-corrected chi connectivity index (χ0v) is 13.0. The summed E-state index contributed by atoms with van der Waals surface area (Å²) in [5.74, 6) is 1.16. The molecule has 0 fully saturated rings. The number of hydrogen-bond donors (Lipinski definition) is 0. The first-order valence-corrected chi connectivity index (χ1v) is 8.33. The van der Waals surface area contributed by atoms with Gasteiger partial charge < -0.3 is 4.74 Å². The van der Waals surface area contributed by atoms with E-state index in [4.69, 9.17) is 4.74 Å². The number of ether oxygens (including phenoxy) is 1. The Morgan fingerprint density at radius 2 is 1.75 bits per heavy atom. The van der Waals surface area contributed by atoms with Crippen LogP contribution in [0.2, 0.25) is 0 Å². The van der Waals surface area contributed by atoms with Crippen LogP contribution in [0.1, 0.15) is 49.8 Å². The Bertz CT molecular complexity index is 428. The topological polar surface area (TPSA) is 12.5 Å². The van der Waals surface area contributed by atoms with E-state index in [0.717, 1.165) is 12.4 Å². The smallest absolute Gasteiger partial charge is 0.122 e. The summed E-state index contributed by atoms with van der Waals surface area (Å²) in [5.41, 5.74) is 4.55. The third kappa shape index (κ3) is 2.71. The van der Waals surface area contributed by atoms with Crippen molar-refractivity contribution < 1.29 is 4.74 Å². The Morgan fingerprint density at radius 1 is 1.05 bits per heavy atom. The lowest BCUT2D eigenvalue weighted by molar-refractivity contribution is 0.202. The van der Waals surface area contributed by atoms with Crippen molar-refractivity contribution in [1.29, 1.82) is 0 Å². The molecule has 1 unspecified atom stereocenters. The Kier molecular flexibility index (Phi) is 4.30. The maximum atomic E-state index is 5.83. The number of aryl methyl sites for hydroxylation is 1. The van der Waals surface area contributed by atoms with Gasteiger partial charge in [0, 0.05) is 6.04 Å². The van der Waals surface area contributed by atoms with Crippen LogP contribution in [0, 0.1) is 0 Å². The molecule has 1 aliphatic carbocycles. The van der Waals surface area contributed by atoms with E-state index in [1.807, 2.05) is 0 Å². The van der Waals surface area contributed by atoms with E-state index in [2.05, 4.69) is 30.9 Å². The molecule has 0 saturated carbocycles. The van der Waals surface area contributed by atoms with Gasteiger partial charge in [0.1, 0.15) is 5.75 Å². The molecule has 0 spiro atoms. The minimum Gasteiger partial charge on any atom is -0.493 e. The third-order valence-electron chi connectivity index (χ3n) is 4.68. The Hall–Kier alpha value is -1.02. The second-order valence-electron chi connectivity index (χ2n) is 6.28. The second-order valence-corrected chi connectivity index (χ2v) is 6.28. The molecule has 1 heterocycles. The van der Waals surface area contributed by atoms with E-state index in [0.29, 0.717) is 6.04 Å². The summed E-state index contributed by atoms with van der Waals surface area (Å²) in [4.78, 5) is 2.69. The van der Waals surface area contributed by atoms with Gasteiger partial charge in [0.05, 0.1) is 6.61 Å². The molecule has 0 radical (unpaired) electrons. The monoisotopic (exact) mass is 273 g/mol. The van der Waals surface area contributed by atoms with Crippen molar-refractivity contribution in [2.45, 2.75) is 58.4 Å². The molecule has 110 valence electrons. The predicted molar refractivity (Wildman–Crippen MR) is 83.6 cm³/mol. The van der Waals surface area contributed by atoms with Gasteiger partial charge in [-0.3, -0.25) is 4.90 Å². The molecule has 2 heteroatoms. The van der Waals surface area contributed by atoms with Crippen LogP contribution in [-0.4, -0.2) is 30.6 Å². The highest BCUT2D eigenvalue weighted by Gasteiger charge is 2.27. The number of rotatable bonds is 5. The Labute approximate surface area is 123 Å². The molecule has 0 amide bonds. The molecule has 0 N–H and O–H groups in total. The molecule has 20 heavy (non-hydrogen) atoms. The second kappa shape index (κ2) is 6.17. The molecule has 0 saturated heterocycles. The lowest BCUT2D eigenvalue weighted by Gasteiger charge is -2.27. The van der Waals surface area contributed by atoms with Crippen LogP contribution < -0.4 is 4.74 Å². The molecule has 0 bridgehead atoms. The molecule has 3 rings (SSSR count). The van der Waals surface area contributed by atoms with Crippen molar-refractivity contribution in [2.75, 3.05) is 19.7 Å². The summed E-state index contributed by atoms with van der Waals surface area (Å²) in [6.45, 7) is 7.95. The Morgan fingerprint density at radius 3 is 2.45 bits per heavy atom. The quantitative estimate of drug-likeness (QED) is 0.812. The molecular formula is C18H27NO. The van der Waals surface area contributed by atoms with E-state index in [9.17, 15) is 0 Å². The fourth-order valence-corrected chi connectivity index (χ4v) is 3.76. The van der Waals surface area contributed by atoms with Crippen molar-refractivity contribution in [1.82, 2.24) is 4.90 Å². The van der Waals surface area contributed by atoms with Crippen LogP contribution >= 0.6 is 0 Å². The number of nitrogens with zero attached hydrogens (tertiary/aromatic N) is 1. The molecule has 2 aliphatic rings. The highest BCUT2D eigenvalue weighted by Crippen LogP contribution is 2.34. The lowest BCUT2D eigenvalue weighted by atomic mass is 10.0. The van der Waals surface area contributed by atoms with Gasteiger partial charge in [-0.05, 0) is 74.4 Å². The van der Waals surface area contributed by atoms with Crippen molar-refractivity contribution in [2.24, 2.45) is 0 Å². The van der Waals surface area contributed by atoms with Gasteiger partial charge in [-0.1, -0.05) is 19.9 Å². The summed E-state index contributed by atoms with van der Waals surface area (Å²) in [5, 5.41) is 0. The first-order valence-electron chi connectivity index (χ1n) is 8.33. The summed E-state index contributed by atoms with van der Waals surface area (Å²) in [6, 6.07) is 5.48. The van der Waals surface area contributed by atoms with Gasteiger partial charge in [0.15, 0.2) is 0 Å². The van der Waals surface area contributed by atoms with Gasteiger partial charge in [-0.2, -0.15) is 0 Å². The van der Waals surface area contributed by atoms with E-state index >= 15 is 0 Å². The minimum atomic E-state index is 0.716. The third-order valence-corrected chi connectivity index (χ3v) is 4.68. The largest absolute Gasteiger partial charge is 0.493 e. The molecule has 1 aliphatic heterocycles. The van der Waals surface area contributed by atoms with Crippen LogP contribution in [0.15, 0.2) is 12.1 Å².